The summed E-state index contributed by atoms with van der Waals surface area (Å²) in [6, 6.07) is 16.0. The first-order chi connectivity index (χ1) is 12.1. The molecule has 25 heavy (non-hydrogen) atoms. The number of nitrogens with zero attached hydrogens (tertiary/aromatic N) is 1. The van der Waals surface area contributed by atoms with E-state index < -0.39 is 0 Å². The van der Waals surface area contributed by atoms with Crippen molar-refractivity contribution in [3.63, 3.8) is 0 Å². The van der Waals surface area contributed by atoms with Crippen molar-refractivity contribution in [2.45, 2.75) is 19.8 Å². The minimum atomic E-state index is -0.310. The molecule has 3 rings (SSSR count). The molecule has 5 nitrogen and oxygen atoms in total. The van der Waals surface area contributed by atoms with Gasteiger partial charge in [0.25, 0.3) is 5.91 Å². The molecule has 1 unspecified atom stereocenters. The van der Waals surface area contributed by atoms with Gasteiger partial charge in [0, 0.05) is 30.0 Å². The van der Waals surface area contributed by atoms with Crippen LogP contribution < -0.4 is 10.6 Å². The Kier molecular flexibility index (Phi) is 5.33. The van der Waals surface area contributed by atoms with Crippen LogP contribution in [0.3, 0.4) is 0 Å². The third-order valence-corrected chi connectivity index (χ3v) is 4.37. The number of hydrogen-bond acceptors (Lipinski definition) is 2. The smallest absolute Gasteiger partial charge is 0.323 e. The molecule has 1 fully saturated rings. The van der Waals surface area contributed by atoms with Gasteiger partial charge in [-0.15, -0.1) is 0 Å². The zero-order chi connectivity index (χ0) is 17.6. The molecule has 5 heteroatoms. The summed E-state index contributed by atoms with van der Waals surface area (Å²) in [4.78, 5) is 26.4. The van der Waals surface area contributed by atoms with Crippen LogP contribution in [-0.4, -0.2) is 29.9 Å². The molecule has 0 aromatic heterocycles. The van der Waals surface area contributed by atoms with Gasteiger partial charge in [-0.25, -0.2) is 4.79 Å². The predicted molar refractivity (Wildman–Crippen MR) is 99.8 cm³/mol. The molecule has 130 valence electrons. The van der Waals surface area contributed by atoms with Gasteiger partial charge in [0.05, 0.1) is 0 Å². The van der Waals surface area contributed by atoms with Crippen LogP contribution in [-0.2, 0) is 0 Å². The minimum absolute atomic E-state index is 0.0619. The maximum absolute atomic E-state index is 12.5. The highest BCUT2D eigenvalue weighted by molar-refractivity contribution is 6.00. The fourth-order valence-corrected chi connectivity index (χ4v) is 3.07. The molecule has 1 saturated heterocycles. The van der Waals surface area contributed by atoms with E-state index in [2.05, 4.69) is 17.6 Å². The van der Waals surface area contributed by atoms with E-state index in [1.807, 2.05) is 35.2 Å². The summed E-state index contributed by atoms with van der Waals surface area (Å²) < 4.78 is 0. The standard InChI is InChI=1S/C20H23N3O2/c1-15-6-5-13-23(14-15)19(24)16-9-11-18(12-10-16)22-20(25)21-17-7-3-2-4-8-17/h2-4,7-12,15H,5-6,13-14H2,1H3,(H2,21,22,25). The highest BCUT2D eigenvalue weighted by Crippen LogP contribution is 2.19. The zero-order valence-electron chi connectivity index (χ0n) is 14.4. The molecule has 2 aromatic rings. The number of anilines is 2. The number of likely N-dealkylation sites (tertiary alicyclic amines) is 1. The molecule has 0 bridgehead atoms. The summed E-state index contributed by atoms with van der Waals surface area (Å²) in [5, 5.41) is 5.53. The molecule has 2 N–H and O–H groups in total. The van der Waals surface area contributed by atoms with E-state index in [0.29, 0.717) is 17.2 Å². The van der Waals surface area contributed by atoms with Gasteiger partial charge in [-0.1, -0.05) is 25.1 Å². The number of amides is 3. The van der Waals surface area contributed by atoms with Gasteiger partial charge in [0.15, 0.2) is 0 Å². The van der Waals surface area contributed by atoms with E-state index in [-0.39, 0.29) is 11.9 Å². The zero-order valence-corrected chi connectivity index (χ0v) is 14.4. The van der Waals surface area contributed by atoms with Crippen molar-refractivity contribution in [2.75, 3.05) is 23.7 Å². The van der Waals surface area contributed by atoms with Gasteiger partial charge in [0.2, 0.25) is 0 Å². The van der Waals surface area contributed by atoms with Gasteiger partial charge < -0.3 is 15.5 Å². The SMILES string of the molecule is CC1CCCN(C(=O)c2ccc(NC(=O)Nc3ccccc3)cc2)C1. The Labute approximate surface area is 148 Å². The lowest BCUT2D eigenvalue weighted by Gasteiger charge is -2.31. The summed E-state index contributed by atoms with van der Waals surface area (Å²) in [6.45, 7) is 3.82. The van der Waals surface area contributed by atoms with E-state index in [1.54, 1.807) is 24.3 Å². The number of nitrogens with one attached hydrogen (secondary N) is 2. The number of urea groups is 1. The molecule has 0 radical (unpaired) electrons. The lowest BCUT2D eigenvalue weighted by Crippen LogP contribution is -2.39. The Morgan fingerprint density at radius 2 is 1.60 bits per heavy atom. The third-order valence-electron chi connectivity index (χ3n) is 4.37. The van der Waals surface area contributed by atoms with E-state index in [1.165, 1.54) is 6.42 Å². The number of hydrogen-bond donors (Lipinski definition) is 2. The largest absolute Gasteiger partial charge is 0.338 e. The van der Waals surface area contributed by atoms with E-state index >= 15 is 0 Å². The summed E-state index contributed by atoms with van der Waals surface area (Å²) in [5.74, 6) is 0.618. The third kappa shape index (κ3) is 4.59. The highest BCUT2D eigenvalue weighted by atomic mass is 16.2. The van der Waals surface area contributed by atoms with Crippen LogP contribution in [0.15, 0.2) is 54.6 Å². The number of rotatable bonds is 3. The Bertz CT molecular complexity index is 728. The highest BCUT2D eigenvalue weighted by Gasteiger charge is 2.21. The van der Waals surface area contributed by atoms with Gasteiger partial charge >= 0.3 is 6.03 Å². The van der Waals surface area contributed by atoms with Crippen molar-refractivity contribution in [1.82, 2.24) is 4.90 Å². The molecule has 0 saturated carbocycles. The summed E-state index contributed by atoms with van der Waals surface area (Å²) >= 11 is 0. The number of carbonyl (C=O) groups excluding carboxylic acids is 2. The Balaban J connectivity index is 1.58. The first-order valence-corrected chi connectivity index (χ1v) is 8.64. The Morgan fingerprint density at radius 3 is 2.24 bits per heavy atom. The molecule has 0 spiro atoms. The van der Waals surface area contributed by atoms with Crippen molar-refractivity contribution in [2.24, 2.45) is 5.92 Å². The quantitative estimate of drug-likeness (QED) is 0.881. The first-order valence-electron chi connectivity index (χ1n) is 8.64. The van der Waals surface area contributed by atoms with Crippen LogP contribution >= 0.6 is 0 Å². The number of para-hydroxylation sites is 1. The molecule has 3 amide bonds. The molecule has 1 aliphatic rings. The van der Waals surface area contributed by atoms with Crippen molar-refractivity contribution in [3.8, 4) is 0 Å². The molecule has 1 atom stereocenters. The molecule has 1 heterocycles. The maximum atomic E-state index is 12.5. The monoisotopic (exact) mass is 337 g/mol. The van der Waals surface area contributed by atoms with Gasteiger partial charge in [-0.05, 0) is 55.2 Å². The van der Waals surface area contributed by atoms with Crippen molar-refractivity contribution in [1.29, 1.82) is 0 Å². The molecular formula is C20H23N3O2. The van der Waals surface area contributed by atoms with Crippen LogP contribution in [0.25, 0.3) is 0 Å². The second-order valence-electron chi connectivity index (χ2n) is 6.52. The predicted octanol–water partition coefficient (Wildman–Crippen LogP) is 4.20. The lowest BCUT2D eigenvalue weighted by atomic mass is 9.99. The van der Waals surface area contributed by atoms with Crippen LogP contribution in [0.1, 0.15) is 30.1 Å². The summed E-state index contributed by atoms with van der Waals surface area (Å²) in [7, 11) is 0. The second kappa shape index (κ2) is 7.83. The molecule has 0 aliphatic carbocycles. The fourth-order valence-electron chi connectivity index (χ4n) is 3.07. The van der Waals surface area contributed by atoms with E-state index in [9.17, 15) is 9.59 Å². The molecule has 2 aromatic carbocycles. The number of piperidine rings is 1. The Hall–Kier alpha value is -2.82. The fraction of sp³-hybridized carbons (Fsp3) is 0.300. The molecular weight excluding hydrogens is 314 g/mol. The van der Waals surface area contributed by atoms with Gasteiger partial charge in [0.1, 0.15) is 0 Å². The van der Waals surface area contributed by atoms with Crippen molar-refractivity contribution >= 4 is 23.3 Å². The minimum Gasteiger partial charge on any atom is -0.338 e. The van der Waals surface area contributed by atoms with E-state index in [0.717, 1.165) is 25.2 Å². The van der Waals surface area contributed by atoms with Gasteiger partial charge in [-0.3, -0.25) is 4.79 Å². The normalized spacial score (nSPS) is 17.0. The first kappa shape index (κ1) is 17.0. The maximum Gasteiger partial charge on any atom is 0.323 e. The van der Waals surface area contributed by atoms with Crippen molar-refractivity contribution < 1.29 is 9.59 Å². The average molecular weight is 337 g/mol. The number of benzene rings is 2. The van der Waals surface area contributed by atoms with Crippen molar-refractivity contribution in [3.05, 3.63) is 60.2 Å². The van der Waals surface area contributed by atoms with Crippen LogP contribution in [0.2, 0.25) is 0 Å². The van der Waals surface area contributed by atoms with E-state index in [4.69, 9.17) is 0 Å². The average Bonchev–Trinajstić information content (AvgIpc) is 2.62. The topological polar surface area (TPSA) is 61.4 Å². The van der Waals surface area contributed by atoms with Crippen LogP contribution in [0.5, 0.6) is 0 Å². The van der Waals surface area contributed by atoms with Crippen LogP contribution in [0.4, 0.5) is 16.2 Å². The second-order valence-corrected chi connectivity index (χ2v) is 6.52. The Morgan fingerprint density at radius 1 is 0.960 bits per heavy atom. The number of carbonyl (C=O) groups is 2. The lowest BCUT2D eigenvalue weighted by molar-refractivity contribution is 0.0683. The van der Waals surface area contributed by atoms with Gasteiger partial charge in [-0.2, -0.15) is 0 Å². The summed E-state index contributed by atoms with van der Waals surface area (Å²) in [5.41, 5.74) is 2.03. The molecule has 1 aliphatic heterocycles. The summed E-state index contributed by atoms with van der Waals surface area (Å²) in [6.07, 6.45) is 2.25. The van der Waals surface area contributed by atoms with Crippen LogP contribution in [0, 0.1) is 5.92 Å².